The first-order chi connectivity index (χ1) is 7.99. The summed E-state index contributed by atoms with van der Waals surface area (Å²) in [5.74, 6) is -1.65. The molecule has 0 aliphatic heterocycles. The summed E-state index contributed by atoms with van der Waals surface area (Å²) >= 11 is 3.17. The lowest BCUT2D eigenvalue weighted by Crippen LogP contribution is -1.95. The third-order valence-electron chi connectivity index (χ3n) is 2.15. The van der Waals surface area contributed by atoms with Gasteiger partial charge in [-0.15, -0.1) is 0 Å². The minimum absolute atomic E-state index is 0.145. The average Bonchev–Trinajstić information content (AvgIpc) is 2.60. The minimum atomic E-state index is -1.18. The maximum absolute atomic E-state index is 12.9. The number of rotatable bonds is 2. The summed E-state index contributed by atoms with van der Waals surface area (Å²) in [6, 6.07) is 3.98. The van der Waals surface area contributed by atoms with E-state index < -0.39 is 11.8 Å². The Bertz CT molecular complexity index is 594. The lowest BCUT2D eigenvalue weighted by molar-refractivity contribution is 0.0662. The molecule has 2 aromatic rings. The molecule has 1 N–H and O–H groups in total. The highest BCUT2D eigenvalue weighted by Gasteiger charge is 2.18. The second-order valence-corrected chi connectivity index (χ2v) is 4.22. The molecule has 0 spiro atoms. The molecular formula is C11H7BrFNO3. The molecule has 0 bridgehead atoms. The van der Waals surface area contributed by atoms with Crippen LogP contribution in [0.15, 0.2) is 27.1 Å². The summed E-state index contributed by atoms with van der Waals surface area (Å²) in [5, 5.41) is 8.83. The highest BCUT2D eigenvalue weighted by Crippen LogP contribution is 2.29. The Kier molecular flexibility index (Phi) is 2.97. The van der Waals surface area contributed by atoms with Crippen molar-refractivity contribution in [2.45, 2.75) is 6.92 Å². The number of aromatic nitrogens is 1. The molecule has 0 unspecified atom stereocenters. The molecule has 0 fully saturated rings. The van der Waals surface area contributed by atoms with Crippen molar-refractivity contribution >= 4 is 21.9 Å². The fourth-order valence-electron chi connectivity index (χ4n) is 1.37. The number of carbonyl (C=O) groups is 1. The number of hydrogen-bond acceptors (Lipinski definition) is 3. The third-order valence-corrected chi connectivity index (χ3v) is 2.81. The van der Waals surface area contributed by atoms with Gasteiger partial charge >= 0.3 is 5.97 Å². The predicted molar refractivity (Wildman–Crippen MR) is 61.3 cm³/mol. The van der Waals surface area contributed by atoms with E-state index in [-0.39, 0.29) is 17.3 Å². The first-order valence-electron chi connectivity index (χ1n) is 4.65. The van der Waals surface area contributed by atoms with Gasteiger partial charge in [0.05, 0.1) is 11.3 Å². The van der Waals surface area contributed by atoms with E-state index in [1.807, 2.05) is 0 Å². The molecule has 88 valence electrons. The van der Waals surface area contributed by atoms with Crippen molar-refractivity contribution in [1.82, 2.24) is 4.98 Å². The quantitative estimate of drug-likeness (QED) is 0.924. The lowest BCUT2D eigenvalue weighted by atomic mass is 10.2. The maximum atomic E-state index is 12.9. The van der Waals surface area contributed by atoms with Gasteiger partial charge in [0, 0.05) is 4.47 Å². The largest absolute Gasteiger partial charge is 0.475 e. The summed E-state index contributed by atoms with van der Waals surface area (Å²) in [5.41, 5.74) is 0.783. The van der Waals surface area contributed by atoms with Crippen LogP contribution in [0.1, 0.15) is 16.2 Å². The van der Waals surface area contributed by atoms with Crippen molar-refractivity contribution in [1.29, 1.82) is 0 Å². The Hall–Kier alpha value is -1.69. The van der Waals surface area contributed by atoms with E-state index in [0.717, 1.165) is 0 Å². The van der Waals surface area contributed by atoms with Crippen molar-refractivity contribution in [2.75, 3.05) is 0 Å². The Morgan fingerprint density at radius 1 is 1.53 bits per heavy atom. The summed E-state index contributed by atoms with van der Waals surface area (Å²) in [4.78, 5) is 14.8. The van der Waals surface area contributed by atoms with E-state index >= 15 is 0 Å². The number of aryl methyl sites for hydroxylation is 1. The minimum Gasteiger partial charge on any atom is -0.475 e. The van der Waals surface area contributed by atoms with Crippen LogP contribution in [0.4, 0.5) is 4.39 Å². The molecular weight excluding hydrogens is 293 g/mol. The highest BCUT2D eigenvalue weighted by atomic mass is 79.9. The van der Waals surface area contributed by atoms with Crippen molar-refractivity contribution in [3.63, 3.8) is 0 Å². The Morgan fingerprint density at radius 2 is 2.24 bits per heavy atom. The zero-order valence-corrected chi connectivity index (χ0v) is 10.3. The number of hydrogen-bond donors (Lipinski definition) is 1. The Morgan fingerprint density at radius 3 is 2.76 bits per heavy atom. The molecule has 1 aromatic carbocycles. The molecule has 0 amide bonds. The van der Waals surface area contributed by atoms with Crippen LogP contribution in [-0.2, 0) is 0 Å². The Labute approximate surface area is 104 Å². The van der Waals surface area contributed by atoms with Crippen molar-refractivity contribution in [3.05, 3.63) is 39.9 Å². The standard InChI is InChI=1S/C11H7BrFNO3/c1-5-9(11(15)16)17-10(14-5)7-3-2-6(13)4-8(7)12/h2-4H,1H3,(H,15,16). The van der Waals surface area contributed by atoms with Crippen molar-refractivity contribution < 1.29 is 18.7 Å². The highest BCUT2D eigenvalue weighted by molar-refractivity contribution is 9.10. The van der Waals surface area contributed by atoms with Crippen LogP contribution in [-0.4, -0.2) is 16.1 Å². The number of oxazole rings is 1. The first-order valence-corrected chi connectivity index (χ1v) is 5.44. The van der Waals surface area contributed by atoms with Gasteiger partial charge in [-0.05, 0) is 41.1 Å². The predicted octanol–water partition coefficient (Wildman–Crippen LogP) is 3.25. The fourth-order valence-corrected chi connectivity index (χ4v) is 1.89. The van der Waals surface area contributed by atoms with E-state index in [0.29, 0.717) is 10.0 Å². The number of halogens is 2. The van der Waals surface area contributed by atoms with Crippen molar-refractivity contribution in [3.8, 4) is 11.5 Å². The molecule has 0 atom stereocenters. The Balaban J connectivity index is 2.53. The van der Waals surface area contributed by atoms with Crippen LogP contribution in [0.25, 0.3) is 11.5 Å². The van der Waals surface area contributed by atoms with Crippen LogP contribution in [0.5, 0.6) is 0 Å². The molecule has 1 aromatic heterocycles. The van der Waals surface area contributed by atoms with Crippen LogP contribution in [0.2, 0.25) is 0 Å². The average molecular weight is 300 g/mol. The van der Waals surface area contributed by atoms with Gasteiger partial charge in [0.25, 0.3) is 0 Å². The van der Waals surface area contributed by atoms with Crippen LogP contribution < -0.4 is 0 Å². The molecule has 0 saturated heterocycles. The topological polar surface area (TPSA) is 63.3 Å². The smallest absolute Gasteiger partial charge is 0.373 e. The van der Waals surface area contributed by atoms with E-state index in [2.05, 4.69) is 20.9 Å². The number of nitrogens with zero attached hydrogens (tertiary/aromatic N) is 1. The van der Waals surface area contributed by atoms with Gasteiger partial charge in [-0.2, -0.15) is 0 Å². The van der Waals surface area contributed by atoms with Crippen LogP contribution in [0, 0.1) is 12.7 Å². The molecule has 0 aliphatic carbocycles. The van der Waals surface area contributed by atoms with Crippen LogP contribution >= 0.6 is 15.9 Å². The number of aromatic carboxylic acids is 1. The second-order valence-electron chi connectivity index (χ2n) is 3.36. The molecule has 0 aliphatic rings. The number of carboxylic acid groups (broad SMARTS) is 1. The molecule has 6 heteroatoms. The summed E-state index contributed by atoms with van der Waals surface area (Å²) in [6.07, 6.45) is 0. The lowest BCUT2D eigenvalue weighted by Gasteiger charge is -1.98. The first kappa shape index (κ1) is 11.8. The molecule has 1 heterocycles. The van der Waals surface area contributed by atoms with Gasteiger partial charge in [-0.3, -0.25) is 0 Å². The monoisotopic (exact) mass is 299 g/mol. The van der Waals surface area contributed by atoms with E-state index in [4.69, 9.17) is 9.52 Å². The van der Waals surface area contributed by atoms with Crippen LogP contribution in [0.3, 0.4) is 0 Å². The number of benzene rings is 1. The molecule has 2 rings (SSSR count). The van der Waals surface area contributed by atoms with Gasteiger partial charge in [0.1, 0.15) is 5.82 Å². The third kappa shape index (κ3) is 2.21. The molecule has 17 heavy (non-hydrogen) atoms. The SMILES string of the molecule is Cc1nc(-c2ccc(F)cc2Br)oc1C(=O)O. The van der Waals surface area contributed by atoms with E-state index in [1.165, 1.54) is 25.1 Å². The summed E-state index contributed by atoms with van der Waals surface area (Å²) in [7, 11) is 0. The van der Waals surface area contributed by atoms with Gasteiger partial charge in [0.2, 0.25) is 11.7 Å². The summed E-state index contributed by atoms with van der Waals surface area (Å²) < 4.78 is 18.5. The van der Waals surface area contributed by atoms with Gasteiger partial charge in [0.15, 0.2) is 0 Å². The maximum Gasteiger partial charge on any atom is 0.373 e. The zero-order valence-electron chi connectivity index (χ0n) is 8.70. The fraction of sp³-hybridized carbons (Fsp3) is 0.0909. The van der Waals surface area contributed by atoms with Crippen molar-refractivity contribution in [2.24, 2.45) is 0 Å². The van der Waals surface area contributed by atoms with Gasteiger partial charge in [-0.1, -0.05) is 0 Å². The van der Waals surface area contributed by atoms with Gasteiger partial charge < -0.3 is 9.52 Å². The number of carboxylic acids is 1. The second kappa shape index (κ2) is 4.29. The van der Waals surface area contributed by atoms with Gasteiger partial charge in [-0.25, -0.2) is 14.2 Å². The van der Waals surface area contributed by atoms with E-state index in [9.17, 15) is 9.18 Å². The zero-order chi connectivity index (χ0) is 12.6. The van der Waals surface area contributed by atoms with E-state index in [1.54, 1.807) is 0 Å². The molecule has 0 saturated carbocycles. The normalized spacial score (nSPS) is 10.5. The molecule has 0 radical (unpaired) electrons. The summed E-state index contributed by atoms with van der Waals surface area (Å²) in [6.45, 7) is 1.54. The molecule has 4 nitrogen and oxygen atoms in total.